The highest BCUT2D eigenvalue weighted by Gasteiger charge is 2.18. The fourth-order valence-electron chi connectivity index (χ4n) is 2.73. The first-order chi connectivity index (χ1) is 10.6. The minimum atomic E-state index is 1.03. The summed E-state index contributed by atoms with van der Waals surface area (Å²) in [7, 11) is 4.25. The Bertz CT molecular complexity index is 706. The third-order valence-electron chi connectivity index (χ3n) is 3.85. The number of halogens is 1. The Morgan fingerprint density at radius 2 is 1.95 bits per heavy atom. The maximum Gasteiger partial charge on any atom is 0.0238 e. The lowest BCUT2D eigenvalue weighted by Crippen LogP contribution is -2.12. The standard InChI is InChI=1S/C19H20BrNS/c1-21(2)11-5-7-16-17-6-3-4-8-19(17)22-13-14-9-10-15(20)12-18(14)16/h3-4,6-10,12H,5,11,13H2,1-2H3/b16-7+. The van der Waals surface area contributed by atoms with Crippen LogP contribution in [0.3, 0.4) is 0 Å². The van der Waals surface area contributed by atoms with E-state index in [9.17, 15) is 0 Å². The van der Waals surface area contributed by atoms with Crippen LogP contribution in [0.1, 0.15) is 23.1 Å². The molecule has 0 unspecified atom stereocenters. The third-order valence-corrected chi connectivity index (χ3v) is 5.46. The molecular weight excluding hydrogens is 354 g/mol. The summed E-state index contributed by atoms with van der Waals surface area (Å²) >= 11 is 5.57. The van der Waals surface area contributed by atoms with Crippen LogP contribution in [0, 0.1) is 0 Å². The minimum absolute atomic E-state index is 1.03. The van der Waals surface area contributed by atoms with Crippen molar-refractivity contribution in [1.82, 2.24) is 4.90 Å². The summed E-state index contributed by atoms with van der Waals surface area (Å²) in [4.78, 5) is 3.61. The molecule has 0 aliphatic carbocycles. The van der Waals surface area contributed by atoms with E-state index in [0.29, 0.717) is 0 Å². The fraction of sp³-hybridized carbons (Fsp3) is 0.263. The molecule has 0 saturated heterocycles. The largest absolute Gasteiger partial charge is 0.309 e. The highest BCUT2D eigenvalue weighted by Crippen LogP contribution is 2.40. The van der Waals surface area contributed by atoms with Gasteiger partial charge in [-0.3, -0.25) is 0 Å². The van der Waals surface area contributed by atoms with E-state index in [4.69, 9.17) is 0 Å². The molecule has 0 bridgehead atoms. The molecule has 0 atom stereocenters. The van der Waals surface area contributed by atoms with Crippen LogP contribution in [0.25, 0.3) is 5.57 Å². The SMILES string of the molecule is CN(C)CC/C=C1/c2cc(Br)ccc2CSc2ccccc21. The van der Waals surface area contributed by atoms with Gasteiger partial charge >= 0.3 is 0 Å². The summed E-state index contributed by atoms with van der Waals surface area (Å²) in [5, 5.41) is 0. The van der Waals surface area contributed by atoms with Crippen molar-refractivity contribution in [1.29, 1.82) is 0 Å². The molecule has 0 aromatic heterocycles. The number of hydrogen-bond donors (Lipinski definition) is 0. The molecule has 2 aromatic rings. The van der Waals surface area contributed by atoms with Crippen molar-refractivity contribution in [3.63, 3.8) is 0 Å². The number of fused-ring (bicyclic) bond motifs is 2. The van der Waals surface area contributed by atoms with Crippen LogP contribution in [0.5, 0.6) is 0 Å². The van der Waals surface area contributed by atoms with E-state index in [1.807, 2.05) is 11.8 Å². The molecule has 0 amide bonds. The summed E-state index contributed by atoms with van der Waals surface area (Å²) < 4.78 is 1.15. The molecule has 2 aromatic carbocycles. The second-order valence-electron chi connectivity index (χ2n) is 5.80. The average Bonchev–Trinajstić information content (AvgIpc) is 2.65. The van der Waals surface area contributed by atoms with Crippen molar-refractivity contribution in [3.8, 4) is 0 Å². The van der Waals surface area contributed by atoms with Crippen LogP contribution in [0.2, 0.25) is 0 Å². The molecule has 3 rings (SSSR count). The zero-order valence-electron chi connectivity index (χ0n) is 13.0. The highest BCUT2D eigenvalue weighted by molar-refractivity contribution is 9.10. The Kier molecular flexibility index (Phi) is 5.07. The molecule has 0 fully saturated rings. The molecule has 114 valence electrons. The summed E-state index contributed by atoms with van der Waals surface area (Å²) in [6.45, 7) is 1.07. The number of hydrogen-bond acceptors (Lipinski definition) is 2. The van der Waals surface area contributed by atoms with Gasteiger partial charge in [-0.05, 0) is 61.0 Å². The molecule has 0 N–H and O–H groups in total. The molecular formula is C19H20BrNS. The Balaban J connectivity index is 2.10. The van der Waals surface area contributed by atoms with E-state index in [-0.39, 0.29) is 0 Å². The maximum atomic E-state index is 3.63. The van der Waals surface area contributed by atoms with Crippen LogP contribution in [0.4, 0.5) is 0 Å². The van der Waals surface area contributed by atoms with Gasteiger partial charge in [0.1, 0.15) is 0 Å². The van der Waals surface area contributed by atoms with Gasteiger partial charge in [0, 0.05) is 21.7 Å². The van der Waals surface area contributed by atoms with Crippen LogP contribution >= 0.6 is 27.7 Å². The molecule has 1 aliphatic heterocycles. The van der Waals surface area contributed by atoms with Crippen molar-refractivity contribution in [3.05, 3.63) is 69.7 Å². The lowest BCUT2D eigenvalue weighted by molar-refractivity contribution is 0.417. The number of nitrogens with zero attached hydrogens (tertiary/aromatic N) is 1. The van der Waals surface area contributed by atoms with Crippen molar-refractivity contribution in [2.75, 3.05) is 20.6 Å². The first-order valence-electron chi connectivity index (χ1n) is 7.51. The lowest BCUT2D eigenvalue weighted by atomic mass is 9.93. The second-order valence-corrected chi connectivity index (χ2v) is 7.73. The van der Waals surface area contributed by atoms with Crippen molar-refractivity contribution in [2.24, 2.45) is 0 Å². The minimum Gasteiger partial charge on any atom is -0.309 e. The predicted molar refractivity (Wildman–Crippen MR) is 100 cm³/mol. The molecule has 1 heterocycles. The van der Waals surface area contributed by atoms with Crippen LogP contribution in [-0.2, 0) is 5.75 Å². The Labute approximate surface area is 145 Å². The van der Waals surface area contributed by atoms with Gasteiger partial charge in [0.05, 0.1) is 0 Å². The van der Waals surface area contributed by atoms with E-state index < -0.39 is 0 Å². The molecule has 22 heavy (non-hydrogen) atoms. The van der Waals surface area contributed by atoms with Crippen molar-refractivity contribution in [2.45, 2.75) is 17.1 Å². The van der Waals surface area contributed by atoms with Gasteiger partial charge in [-0.15, -0.1) is 11.8 Å². The van der Waals surface area contributed by atoms with Crippen LogP contribution < -0.4 is 0 Å². The summed E-state index contributed by atoms with van der Waals surface area (Å²) in [5.41, 5.74) is 5.52. The monoisotopic (exact) mass is 373 g/mol. The van der Waals surface area contributed by atoms with Gasteiger partial charge < -0.3 is 4.90 Å². The quantitative estimate of drug-likeness (QED) is 0.704. The van der Waals surface area contributed by atoms with Gasteiger partial charge in [-0.25, -0.2) is 0 Å². The Morgan fingerprint density at radius 1 is 1.14 bits per heavy atom. The predicted octanol–water partition coefficient (Wildman–Crippen LogP) is 5.44. The van der Waals surface area contributed by atoms with Gasteiger partial charge in [0.2, 0.25) is 0 Å². The molecule has 0 radical (unpaired) electrons. The van der Waals surface area contributed by atoms with Crippen molar-refractivity contribution >= 4 is 33.3 Å². The zero-order valence-corrected chi connectivity index (χ0v) is 15.4. The van der Waals surface area contributed by atoms with Gasteiger partial charge in [-0.1, -0.05) is 46.3 Å². The van der Waals surface area contributed by atoms with E-state index >= 15 is 0 Å². The van der Waals surface area contributed by atoms with Crippen LogP contribution in [-0.4, -0.2) is 25.5 Å². The van der Waals surface area contributed by atoms with Gasteiger partial charge in [0.15, 0.2) is 0 Å². The van der Waals surface area contributed by atoms with E-state index in [1.54, 1.807) is 0 Å². The molecule has 0 saturated carbocycles. The fourth-order valence-corrected chi connectivity index (χ4v) is 4.16. The molecule has 0 spiro atoms. The Morgan fingerprint density at radius 3 is 2.77 bits per heavy atom. The van der Waals surface area contributed by atoms with E-state index in [2.05, 4.69) is 83.5 Å². The third kappa shape index (κ3) is 3.48. The smallest absolute Gasteiger partial charge is 0.0238 e. The van der Waals surface area contributed by atoms with E-state index in [1.165, 1.54) is 27.2 Å². The summed E-state index contributed by atoms with van der Waals surface area (Å²) in [5.74, 6) is 1.03. The molecule has 1 aliphatic rings. The lowest BCUT2D eigenvalue weighted by Gasteiger charge is -2.13. The van der Waals surface area contributed by atoms with Crippen molar-refractivity contribution < 1.29 is 0 Å². The van der Waals surface area contributed by atoms with Gasteiger partial charge in [0.25, 0.3) is 0 Å². The molecule has 3 heteroatoms. The first kappa shape index (κ1) is 15.9. The number of benzene rings is 2. The molecule has 1 nitrogen and oxygen atoms in total. The topological polar surface area (TPSA) is 3.24 Å². The number of rotatable bonds is 3. The summed E-state index contributed by atoms with van der Waals surface area (Å²) in [6.07, 6.45) is 3.46. The first-order valence-corrected chi connectivity index (χ1v) is 9.29. The Hall–Kier alpha value is -1.03. The average molecular weight is 374 g/mol. The van der Waals surface area contributed by atoms with Gasteiger partial charge in [-0.2, -0.15) is 0 Å². The maximum absolute atomic E-state index is 3.63. The summed E-state index contributed by atoms with van der Waals surface area (Å²) in [6, 6.07) is 15.4. The highest BCUT2D eigenvalue weighted by atomic mass is 79.9. The second kappa shape index (κ2) is 7.03. The van der Waals surface area contributed by atoms with Crippen LogP contribution in [0.15, 0.2) is 57.9 Å². The normalized spacial score (nSPS) is 15.5. The zero-order chi connectivity index (χ0) is 15.5. The number of thioether (sulfide) groups is 1. The van der Waals surface area contributed by atoms with E-state index in [0.717, 1.165) is 23.2 Å².